The van der Waals surface area contributed by atoms with E-state index in [9.17, 15) is 4.79 Å². The van der Waals surface area contributed by atoms with Crippen molar-refractivity contribution in [1.29, 1.82) is 0 Å². The Hall–Kier alpha value is -3.91. The van der Waals surface area contributed by atoms with E-state index >= 15 is 0 Å². The number of nitrogens with one attached hydrogen (secondary N) is 1. The van der Waals surface area contributed by atoms with Crippen molar-refractivity contribution in [3.63, 3.8) is 0 Å². The number of morpholine rings is 1. The summed E-state index contributed by atoms with van der Waals surface area (Å²) in [5, 5.41) is 1.06. The molecule has 8 heteroatoms. The molecule has 0 aliphatic carbocycles. The van der Waals surface area contributed by atoms with E-state index in [1.165, 1.54) is 0 Å². The Morgan fingerprint density at radius 2 is 2.06 bits per heavy atom. The average Bonchev–Trinajstić information content (AvgIpc) is 3.36. The molecule has 4 aromatic rings. The van der Waals surface area contributed by atoms with Crippen molar-refractivity contribution in [2.75, 3.05) is 36.1 Å². The minimum atomic E-state index is -0.408. The molecule has 1 atom stereocenters. The summed E-state index contributed by atoms with van der Waals surface area (Å²) in [6.07, 6.45) is 3.24. The van der Waals surface area contributed by atoms with Crippen LogP contribution in [0.25, 0.3) is 22.3 Å². The molecule has 33 heavy (non-hydrogen) atoms. The summed E-state index contributed by atoms with van der Waals surface area (Å²) in [6.45, 7) is 2.56. The van der Waals surface area contributed by atoms with Crippen LogP contribution in [-0.2, 0) is 16.1 Å². The first kappa shape index (κ1) is 19.8. The molecule has 2 aromatic carbocycles. The van der Waals surface area contributed by atoms with Gasteiger partial charge < -0.3 is 19.4 Å². The topological polar surface area (TPSA) is 83.6 Å². The van der Waals surface area contributed by atoms with Crippen molar-refractivity contribution < 1.29 is 14.3 Å². The predicted octanol–water partition coefficient (Wildman–Crippen LogP) is 3.99. The third kappa shape index (κ3) is 3.58. The Kier molecular flexibility index (Phi) is 4.92. The molecule has 1 fully saturated rings. The summed E-state index contributed by atoms with van der Waals surface area (Å²) >= 11 is 0. The summed E-state index contributed by atoms with van der Waals surface area (Å²) in [5.74, 6) is 1.37. The first-order valence-corrected chi connectivity index (χ1v) is 11.0. The number of anilines is 2. The minimum absolute atomic E-state index is 0.0151. The zero-order valence-corrected chi connectivity index (χ0v) is 18.0. The van der Waals surface area contributed by atoms with Gasteiger partial charge in [-0.1, -0.05) is 42.5 Å². The molecule has 1 unspecified atom stereocenters. The first-order chi connectivity index (χ1) is 16.3. The van der Waals surface area contributed by atoms with Gasteiger partial charge in [-0.2, -0.15) is 0 Å². The average molecular weight is 441 g/mol. The molecule has 166 valence electrons. The maximum atomic E-state index is 13.1. The van der Waals surface area contributed by atoms with Crippen LogP contribution in [0.4, 0.5) is 16.3 Å². The lowest BCUT2D eigenvalue weighted by atomic mass is 10.1. The van der Waals surface area contributed by atoms with Crippen molar-refractivity contribution in [3.8, 4) is 11.4 Å². The maximum absolute atomic E-state index is 13.1. The third-order valence-corrected chi connectivity index (χ3v) is 6.20. The molecule has 2 aliphatic heterocycles. The van der Waals surface area contributed by atoms with E-state index in [0.29, 0.717) is 31.3 Å². The van der Waals surface area contributed by atoms with Gasteiger partial charge in [0.15, 0.2) is 11.6 Å². The summed E-state index contributed by atoms with van der Waals surface area (Å²) in [4.78, 5) is 29.8. The van der Waals surface area contributed by atoms with E-state index in [-0.39, 0.29) is 12.6 Å². The number of carbonyl (C=O) groups is 1. The summed E-state index contributed by atoms with van der Waals surface area (Å²) in [7, 11) is 0. The molecule has 0 radical (unpaired) electrons. The highest BCUT2D eigenvalue weighted by Gasteiger charge is 2.38. The van der Waals surface area contributed by atoms with Crippen LogP contribution in [0.2, 0.25) is 0 Å². The maximum Gasteiger partial charge on any atom is 0.414 e. The number of carbonyl (C=O) groups excluding carboxylic acids is 1. The Balaban J connectivity index is 1.36. The van der Waals surface area contributed by atoms with Crippen LogP contribution in [0.3, 0.4) is 0 Å². The Bertz CT molecular complexity index is 1310. The zero-order chi connectivity index (χ0) is 22.2. The van der Waals surface area contributed by atoms with Crippen molar-refractivity contribution in [1.82, 2.24) is 15.0 Å². The molecule has 1 N–H and O–H groups in total. The van der Waals surface area contributed by atoms with Crippen molar-refractivity contribution in [2.24, 2.45) is 0 Å². The van der Waals surface area contributed by atoms with Crippen molar-refractivity contribution in [2.45, 2.75) is 12.6 Å². The highest BCUT2D eigenvalue weighted by atomic mass is 16.6. The van der Waals surface area contributed by atoms with Gasteiger partial charge in [-0.25, -0.2) is 14.8 Å². The number of H-pyrrole nitrogens is 1. The van der Waals surface area contributed by atoms with Gasteiger partial charge in [0.05, 0.1) is 32.0 Å². The molecule has 4 heterocycles. The van der Waals surface area contributed by atoms with Gasteiger partial charge in [-0.3, -0.25) is 4.90 Å². The summed E-state index contributed by atoms with van der Waals surface area (Å²) in [6, 6.07) is 17.7. The van der Waals surface area contributed by atoms with Crippen molar-refractivity contribution >= 4 is 28.5 Å². The van der Waals surface area contributed by atoms with Crippen LogP contribution in [0.5, 0.6) is 0 Å². The fraction of sp³-hybridized carbons (Fsp3) is 0.240. The fourth-order valence-electron chi connectivity index (χ4n) is 4.54. The fourth-order valence-corrected chi connectivity index (χ4v) is 4.54. The molecular weight excluding hydrogens is 418 g/mol. The number of nitrogens with zero attached hydrogens (tertiary/aromatic N) is 4. The van der Waals surface area contributed by atoms with E-state index in [1.807, 2.05) is 60.8 Å². The van der Waals surface area contributed by atoms with Gasteiger partial charge in [-0.05, 0) is 17.7 Å². The van der Waals surface area contributed by atoms with Gasteiger partial charge in [0, 0.05) is 29.2 Å². The SMILES string of the molecule is O=C(OCc1ccccc1)N1CC2COCCN2c2nc(-c3cccc4[nH]ccc34)ncc21. The van der Waals surface area contributed by atoms with E-state index in [1.54, 1.807) is 11.1 Å². The van der Waals surface area contributed by atoms with Gasteiger partial charge in [0.1, 0.15) is 12.3 Å². The number of hydrogen-bond donors (Lipinski definition) is 1. The standard InChI is InChI=1S/C25H23N5O3/c31-25(33-15-17-5-2-1-3-6-17)30-14-18-16-32-12-11-29(18)24-22(30)13-27-23(28-24)20-7-4-8-21-19(20)9-10-26-21/h1-10,13,18,26H,11-12,14-16H2. The molecule has 0 saturated carbocycles. The highest BCUT2D eigenvalue weighted by Crippen LogP contribution is 2.37. The lowest BCUT2D eigenvalue weighted by molar-refractivity contribution is 0.0918. The second-order valence-corrected chi connectivity index (χ2v) is 8.22. The first-order valence-electron chi connectivity index (χ1n) is 11.0. The number of amides is 1. The van der Waals surface area contributed by atoms with E-state index in [4.69, 9.17) is 14.5 Å². The quantitative estimate of drug-likeness (QED) is 0.518. The Labute approximate surface area is 190 Å². The molecule has 0 bridgehead atoms. The molecule has 1 amide bonds. The van der Waals surface area contributed by atoms with Crippen LogP contribution in [0.15, 0.2) is 67.0 Å². The van der Waals surface area contributed by atoms with Gasteiger partial charge >= 0.3 is 6.09 Å². The molecule has 6 rings (SSSR count). The molecule has 2 aromatic heterocycles. The number of hydrogen-bond acceptors (Lipinski definition) is 6. The van der Waals surface area contributed by atoms with Crippen LogP contribution in [-0.4, -0.2) is 53.4 Å². The van der Waals surface area contributed by atoms with Crippen molar-refractivity contribution in [3.05, 3.63) is 72.6 Å². The lowest BCUT2D eigenvalue weighted by Gasteiger charge is -2.44. The Morgan fingerprint density at radius 1 is 1.15 bits per heavy atom. The molecule has 8 nitrogen and oxygen atoms in total. The van der Waals surface area contributed by atoms with E-state index < -0.39 is 6.09 Å². The van der Waals surface area contributed by atoms with Gasteiger partial charge in [0.25, 0.3) is 0 Å². The zero-order valence-electron chi connectivity index (χ0n) is 18.0. The number of aromatic amines is 1. The molecule has 0 spiro atoms. The highest BCUT2D eigenvalue weighted by molar-refractivity contribution is 5.95. The van der Waals surface area contributed by atoms with Gasteiger partial charge in [-0.15, -0.1) is 0 Å². The van der Waals surface area contributed by atoms with Crippen LogP contribution in [0, 0.1) is 0 Å². The van der Waals surface area contributed by atoms with E-state index in [2.05, 4.69) is 14.9 Å². The molecular formula is C25H23N5O3. The van der Waals surface area contributed by atoms with Crippen LogP contribution >= 0.6 is 0 Å². The second kappa shape index (κ2) is 8.22. The van der Waals surface area contributed by atoms with Crippen LogP contribution in [0.1, 0.15) is 5.56 Å². The largest absolute Gasteiger partial charge is 0.444 e. The number of ether oxygens (including phenoxy) is 2. The summed E-state index contributed by atoms with van der Waals surface area (Å²) < 4.78 is 11.3. The monoisotopic (exact) mass is 441 g/mol. The van der Waals surface area contributed by atoms with Gasteiger partial charge in [0.2, 0.25) is 0 Å². The smallest absolute Gasteiger partial charge is 0.414 e. The summed E-state index contributed by atoms with van der Waals surface area (Å²) in [5.41, 5.74) is 3.59. The van der Waals surface area contributed by atoms with E-state index in [0.717, 1.165) is 34.4 Å². The normalized spacial score (nSPS) is 17.5. The molecule has 1 saturated heterocycles. The molecule has 2 aliphatic rings. The predicted molar refractivity (Wildman–Crippen MR) is 125 cm³/mol. The number of rotatable bonds is 3. The number of benzene rings is 2. The Morgan fingerprint density at radius 3 is 2.97 bits per heavy atom. The third-order valence-electron chi connectivity index (χ3n) is 6.20. The number of fused-ring (bicyclic) bond motifs is 4. The minimum Gasteiger partial charge on any atom is -0.444 e. The number of aromatic nitrogens is 3. The second-order valence-electron chi connectivity index (χ2n) is 8.22. The lowest BCUT2D eigenvalue weighted by Crippen LogP contribution is -2.56. The van der Waals surface area contributed by atoms with Crippen LogP contribution < -0.4 is 9.80 Å².